The Labute approximate surface area is 321 Å². The number of hydrogen-bond donors (Lipinski definition) is 0. The van der Waals surface area contributed by atoms with Gasteiger partial charge in [0.1, 0.15) is 16.4 Å². The van der Waals surface area contributed by atoms with Gasteiger partial charge in [-0.25, -0.2) is 18.6 Å². The molecule has 54 heavy (non-hydrogen) atoms. The molecule has 1 aliphatic carbocycles. The monoisotopic (exact) mass is 765 g/mol. The second-order valence-corrected chi connectivity index (χ2v) is 15.7. The Kier molecular flexibility index (Phi) is 12.5. The fourth-order valence-electron chi connectivity index (χ4n) is 7.35. The Bertz CT molecular complexity index is 1860. The van der Waals surface area contributed by atoms with E-state index in [-0.39, 0.29) is 35.4 Å². The third-order valence-electron chi connectivity index (χ3n) is 10.2. The zero-order chi connectivity index (χ0) is 38.6. The number of aryl methyl sites for hydroxylation is 1. The van der Waals surface area contributed by atoms with E-state index < -0.39 is 29.4 Å². The first-order valence-corrected chi connectivity index (χ1v) is 19.2. The van der Waals surface area contributed by atoms with Crippen LogP contribution in [0, 0.1) is 18.6 Å². The highest BCUT2D eigenvalue weighted by Gasteiger charge is 2.49. The molecule has 3 heterocycles. The highest BCUT2D eigenvalue weighted by Crippen LogP contribution is 2.46. The van der Waals surface area contributed by atoms with Gasteiger partial charge in [0.2, 0.25) is 5.88 Å². The van der Waals surface area contributed by atoms with E-state index in [4.69, 9.17) is 30.5 Å². The summed E-state index contributed by atoms with van der Waals surface area (Å²) < 4.78 is 50.5. The minimum Gasteiger partial charge on any atom is -0.489 e. The Morgan fingerprint density at radius 2 is 1.67 bits per heavy atom. The van der Waals surface area contributed by atoms with E-state index in [1.165, 1.54) is 0 Å². The van der Waals surface area contributed by atoms with Crippen LogP contribution in [0.5, 0.6) is 11.6 Å². The molecule has 2 aliphatic heterocycles. The molecule has 3 aromatic rings. The summed E-state index contributed by atoms with van der Waals surface area (Å²) in [5, 5.41) is -0.367. The number of rotatable bonds is 15. The van der Waals surface area contributed by atoms with Crippen LogP contribution in [0.3, 0.4) is 0 Å². The SMILES string of the molecule is COCCCOc1nccc(CN(C(=O)C2=C(c3ccc(CCCOc4c(F)ccc(F)c4Cl)cc3)C[C@@H]3CCC2N3C(=O)OC(C)(C)C)C2CC2)c1C. The number of fused-ring (bicyclic) bond motifs is 2. The van der Waals surface area contributed by atoms with Gasteiger partial charge in [-0.1, -0.05) is 35.9 Å². The van der Waals surface area contributed by atoms with Crippen molar-refractivity contribution in [1.82, 2.24) is 14.8 Å². The molecule has 1 unspecified atom stereocenters. The number of methoxy groups -OCH3 is 1. The first-order valence-electron chi connectivity index (χ1n) is 18.8. The summed E-state index contributed by atoms with van der Waals surface area (Å²) in [6, 6.07) is 11.6. The van der Waals surface area contributed by atoms with Crippen LogP contribution >= 0.6 is 11.6 Å². The van der Waals surface area contributed by atoms with E-state index in [1.54, 1.807) is 18.2 Å². The number of carbonyl (C=O) groups excluding carboxylic acids is 2. The summed E-state index contributed by atoms with van der Waals surface area (Å²) in [7, 11) is 1.66. The maximum Gasteiger partial charge on any atom is 0.411 e. The number of hydrogen-bond acceptors (Lipinski definition) is 7. The zero-order valence-corrected chi connectivity index (χ0v) is 32.5. The lowest BCUT2D eigenvalue weighted by atomic mass is 9.87. The van der Waals surface area contributed by atoms with Crippen LogP contribution in [0.1, 0.15) is 88.0 Å². The number of benzene rings is 2. The van der Waals surface area contributed by atoms with Crippen molar-refractivity contribution in [3.63, 3.8) is 0 Å². The van der Waals surface area contributed by atoms with Crippen molar-refractivity contribution in [3.05, 3.63) is 93.1 Å². The van der Waals surface area contributed by atoms with Crippen molar-refractivity contribution in [1.29, 1.82) is 0 Å². The molecule has 290 valence electrons. The predicted molar refractivity (Wildman–Crippen MR) is 203 cm³/mol. The highest BCUT2D eigenvalue weighted by atomic mass is 35.5. The maximum absolute atomic E-state index is 15.0. The number of halogens is 3. The standard InChI is InChI=1S/C42H50ClF2N3O6/c1-26-29(19-20-46-39(26)53-23-7-21-51-5)25-47(30-13-14-30)40(49)36-32(24-31-15-18-35(36)48(31)41(50)54-42(2,3)4)28-11-9-27(10-12-28)8-6-22-52-38-34(45)17-16-33(44)37(38)43/h9-12,16-17,19-20,30-31,35H,6-8,13-15,18,21-25H2,1-5H3/t31-,35?/m0/s1. The predicted octanol–water partition coefficient (Wildman–Crippen LogP) is 8.87. The van der Waals surface area contributed by atoms with Gasteiger partial charge in [0.25, 0.3) is 5.91 Å². The number of aromatic nitrogens is 1. The van der Waals surface area contributed by atoms with Gasteiger partial charge in [0.15, 0.2) is 11.6 Å². The lowest BCUT2D eigenvalue weighted by molar-refractivity contribution is -0.129. The molecule has 0 radical (unpaired) electrons. The van der Waals surface area contributed by atoms with Crippen LogP contribution in [0.2, 0.25) is 5.02 Å². The van der Waals surface area contributed by atoms with Gasteiger partial charge in [0.05, 0.1) is 19.3 Å². The summed E-state index contributed by atoms with van der Waals surface area (Å²) in [5.74, 6) is -1.23. The molecule has 0 spiro atoms. The van der Waals surface area contributed by atoms with E-state index in [2.05, 4.69) is 4.98 Å². The van der Waals surface area contributed by atoms with Crippen molar-refractivity contribution in [2.75, 3.05) is 26.9 Å². The Balaban J connectivity index is 1.25. The molecule has 2 atom stereocenters. The molecule has 3 aliphatic rings. The Morgan fingerprint density at radius 3 is 2.37 bits per heavy atom. The molecule has 2 fully saturated rings. The molecule has 0 N–H and O–H groups in total. The summed E-state index contributed by atoms with van der Waals surface area (Å²) in [6.07, 6.45) is 7.08. The maximum atomic E-state index is 15.0. The first kappa shape index (κ1) is 39.5. The van der Waals surface area contributed by atoms with Gasteiger partial charge in [-0.05, 0) is 113 Å². The van der Waals surface area contributed by atoms with Gasteiger partial charge in [-0.2, -0.15) is 0 Å². The molecule has 2 amide bonds. The Hall–Kier alpha value is -4.22. The summed E-state index contributed by atoms with van der Waals surface area (Å²) >= 11 is 5.91. The topological polar surface area (TPSA) is 90.4 Å². The smallest absolute Gasteiger partial charge is 0.411 e. The molecular formula is C42H50ClF2N3O6. The number of amides is 2. The van der Waals surface area contributed by atoms with Crippen LogP contribution in [0.4, 0.5) is 13.6 Å². The molecule has 2 bridgehead atoms. The average molecular weight is 766 g/mol. The van der Waals surface area contributed by atoms with E-state index in [0.717, 1.165) is 65.6 Å². The largest absolute Gasteiger partial charge is 0.489 e. The lowest BCUT2D eigenvalue weighted by Gasteiger charge is -2.39. The molecular weight excluding hydrogens is 716 g/mol. The molecule has 1 saturated heterocycles. The van der Waals surface area contributed by atoms with Gasteiger partial charge >= 0.3 is 6.09 Å². The van der Waals surface area contributed by atoms with Crippen molar-refractivity contribution < 1.29 is 37.3 Å². The first-order chi connectivity index (χ1) is 25.9. The van der Waals surface area contributed by atoms with Gasteiger partial charge in [-0.3, -0.25) is 9.69 Å². The van der Waals surface area contributed by atoms with Crippen molar-refractivity contribution in [3.8, 4) is 11.6 Å². The molecule has 12 heteroatoms. The van der Waals surface area contributed by atoms with Crippen LogP contribution in [-0.4, -0.2) is 77.4 Å². The quantitative estimate of drug-likeness (QED) is 0.113. The summed E-state index contributed by atoms with van der Waals surface area (Å²) in [6.45, 7) is 9.17. The third kappa shape index (κ3) is 9.17. The number of carbonyl (C=O) groups is 2. The highest BCUT2D eigenvalue weighted by molar-refractivity contribution is 6.32. The van der Waals surface area contributed by atoms with Crippen LogP contribution in [-0.2, 0) is 27.2 Å². The molecule has 9 nitrogen and oxygen atoms in total. The van der Waals surface area contributed by atoms with Crippen molar-refractivity contribution in [2.45, 2.75) is 109 Å². The summed E-state index contributed by atoms with van der Waals surface area (Å²) in [5.41, 5.74) is 4.77. The zero-order valence-electron chi connectivity index (χ0n) is 31.8. The average Bonchev–Trinajstić information content (AvgIpc) is 3.93. The van der Waals surface area contributed by atoms with Crippen LogP contribution in [0.15, 0.2) is 54.2 Å². The number of pyridine rings is 1. The van der Waals surface area contributed by atoms with Crippen LogP contribution < -0.4 is 9.47 Å². The number of ether oxygens (including phenoxy) is 4. The molecule has 1 aromatic heterocycles. The minimum atomic E-state index is -0.734. The fourth-order valence-corrected chi connectivity index (χ4v) is 7.56. The fraction of sp³-hybridized carbons (Fsp3) is 0.500. The van der Waals surface area contributed by atoms with Gasteiger partial charge in [0, 0.05) is 56.1 Å². The second kappa shape index (κ2) is 17.1. The van der Waals surface area contributed by atoms with Crippen LogP contribution in [0.25, 0.3) is 5.57 Å². The van der Waals surface area contributed by atoms with E-state index >= 15 is 4.79 Å². The lowest BCUT2D eigenvalue weighted by Crippen LogP contribution is -2.50. The van der Waals surface area contributed by atoms with Crippen molar-refractivity contribution >= 4 is 29.2 Å². The second-order valence-electron chi connectivity index (χ2n) is 15.3. The normalized spacial score (nSPS) is 18.2. The van der Waals surface area contributed by atoms with Gasteiger partial charge in [-0.15, -0.1) is 0 Å². The molecule has 1 saturated carbocycles. The van der Waals surface area contributed by atoms with E-state index in [0.29, 0.717) is 56.9 Å². The molecule has 6 rings (SSSR count). The number of nitrogens with zero attached hydrogens (tertiary/aromatic N) is 3. The minimum absolute atomic E-state index is 0.0605. The summed E-state index contributed by atoms with van der Waals surface area (Å²) in [4.78, 5) is 37.0. The van der Waals surface area contributed by atoms with Gasteiger partial charge < -0.3 is 23.8 Å². The molecule has 2 aromatic carbocycles. The van der Waals surface area contributed by atoms with Crippen molar-refractivity contribution in [2.24, 2.45) is 0 Å². The third-order valence-corrected chi connectivity index (χ3v) is 10.5. The Morgan fingerprint density at radius 1 is 0.944 bits per heavy atom. The van der Waals surface area contributed by atoms with E-state index in [9.17, 15) is 13.6 Å². The van der Waals surface area contributed by atoms with E-state index in [1.807, 2.05) is 62.9 Å².